The van der Waals surface area contributed by atoms with Crippen molar-refractivity contribution in [3.63, 3.8) is 0 Å². The quantitative estimate of drug-likeness (QED) is 0.133. The van der Waals surface area contributed by atoms with E-state index >= 15 is 0 Å². The third-order valence-corrected chi connectivity index (χ3v) is 10.3. The monoisotopic (exact) mass is 849 g/mol. The molecule has 5 heterocycles. The van der Waals surface area contributed by atoms with Gasteiger partial charge in [-0.3, -0.25) is 4.98 Å². The first-order chi connectivity index (χ1) is 25.1. The molecule has 0 spiro atoms. The van der Waals surface area contributed by atoms with Gasteiger partial charge >= 0.3 is 21.1 Å². The number of benzene rings is 6. The minimum Gasteiger partial charge on any atom is -0.518 e. The maximum atomic E-state index is 6.70. The van der Waals surface area contributed by atoms with Crippen LogP contribution in [0.5, 0.6) is 23.0 Å². The van der Waals surface area contributed by atoms with Crippen molar-refractivity contribution in [2.75, 3.05) is 0 Å². The molecular weight excluding hydrogens is 822 g/mol. The third-order valence-electron chi connectivity index (χ3n) is 10.3. The van der Waals surface area contributed by atoms with Gasteiger partial charge in [0.05, 0.1) is 16.9 Å². The van der Waals surface area contributed by atoms with Gasteiger partial charge in [-0.15, -0.1) is 40.8 Å². The van der Waals surface area contributed by atoms with E-state index in [4.69, 9.17) is 19.4 Å². The molecule has 0 N–H and O–H groups in total. The molecule has 0 bridgehead atoms. The maximum absolute atomic E-state index is 6.70. The number of rotatable bonds is 3. The molecule has 0 amide bonds. The zero-order valence-electron chi connectivity index (χ0n) is 28.1. The Hall–Kier alpha value is -5.91. The van der Waals surface area contributed by atoms with Gasteiger partial charge in [0.25, 0.3) is 0 Å². The summed E-state index contributed by atoms with van der Waals surface area (Å²) in [5.41, 5.74) is 11.2. The van der Waals surface area contributed by atoms with Crippen molar-refractivity contribution in [2.24, 2.45) is 0 Å². The zero-order valence-corrected chi connectivity index (χ0v) is 30.4. The molecule has 9 aromatic rings. The summed E-state index contributed by atoms with van der Waals surface area (Å²) in [6.07, 6.45) is 1.83. The van der Waals surface area contributed by atoms with Crippen LogP contribution in [0.2, 0.25) is 0 Å². The van der Waals surface area contributed by atoms with Crippen molar-refractivity contribution < 1.29 is 30.5 Å². The van der Waals surface area contributed by atoms with Gasteiger partial charge in [0, 0.05) is 34.4 Å². The number of fused-ring (bicyclic) bond motifs is 8. The molecule has 0 saturated heterocycles. The molecule has 0 aliphatic carbocycles. The summed E-state index contributed by atoms with van der Waals surface area (Å²) in [6.45, 7) is 4.08. The SMILES string of the molecule is Cc1cccc(C)c1-n1c(-c2[c-]c3c(cc2)Oc2cccc4c2B3c2[c-]c3c(cc2O4)c2ccccc2n3-c2ccccn2)nc2ccccc21.[Pt+2]. The largest absolute Gasteiger partial charge is 2.00 e. The average molecular weight is 850 g/mol. The van der Waals surface area contributed by atoms with Crippen LogP contribution in [0.15, 0.2) is 128 Å². The second-order valence-corrected chi connectivity index (χ2v) is 13.3. The zero-order chi connectivity index (χ0) is 33.8. The molecule has 0 unspecified atom stereocenters. The van der Waals surface area contributed by atoms with E-state index in [1.54, 1.807) is 0 Å². The van der Waals surface area contributed by atoms with E-state index in [-0.39, 0.29) is 27.8 Å². The molecule has 0 fully saturated rings. The van der Waals surface area contributed by atoms with Gasteiger partial charge in [-0.1, -0.05) is 71.6 Å². The molecule has 2 aliphatic rings. The number of ether oxygens (including phenoxy) is 2. The topological polar surface area (TPSA) is 54.1 Å². The number of nitrogens with zero attached hydrogens (tertiary/aromatic N) is 4. The molecule has 52 heavy (non-hydrogen) atoms. The van der Waals surface area contributed by atoms with Gasteiger partial charge in [0.1, 0.15) is 17.3 Å². The first-order valence-electron chi connectivity index (χ1n) is 17.1. The number of hydrogen-bond acceptors (Lipinski definition) is 4. The van der Waals surface area contributed by atoms with Gasteiger partial charge in [0.15, 0.2) is 0 Å². The summed E-state index contributed by atoms with van der Waals surface area (Å²) in [4.78, 5) is 9.97. The fourth-order valence-electron chi connectivity index (χ4n) is 8.13. The molecule has 0 radical (unpaired) electrons. The summed E-state index contributed by atoms with van der Waals surface area (Å²) in [6, 6.07) is 49.2. The van der Waals surface area contributed by atoms with Gasteiger partial charge in [0.2, 0.25) is 6.71 Å². The molecule has 0 saturated carbocycles. The Morgan fingerprint density at radius 2 is 1.33 bits per heavy atom. The van der Waals surface area contributed by atoms with Crippen LogP contribution < -0.4 is 25.9 Å². The van der Waals surface area contributed by atoms with E-state index in [9.17, 15) is 0 Å². The Labute approximate surface area is 314 Å². The van der Waals surface area contributed by atoms with Crippen LogP contribution in [0, 0.1) is 26.0 Å². The summed E-state index contributed by atoms with van der Waals surface area (Å²) < 4.78 is 17.8. The Morgan fingerprint density at radius 1 is 0.615 bits per heavy atom. The van der Waals surface area contributed by atoms with Gasteiger partial charge in [-0.2, -0.15) is 6.07 Å². The molecule has 6 nitrogen and oxygen atoms in total. The van der Waals surface area contributed by atoms with E-state index in [0.717, 1.165) is 95.1 Å². The van der Waals surface area contributed by atoms with Crippen molar-refractivity contribution in [3.8, 4) is 45.9 Å². The molecule has 6 aromatic carbocycles. The summed E-state index contributed by atoms with van der Waals surface area (Å²) in [5.74, 6) is 4.75. The molecule has 248 valence electrons. The van der Waals surface area contributed by atoms with Crippen LogP contribution in [0.4, 0.5) is 0 Å². The molecule has 2 aliphatic heterocycles. The van der Waals surface area contributed by atoms with Crippen LogP contribution in [-0.2, 0) is 21.1 Å². The first-order valence-corrected chi connectivity index (χ1v) is 17.1. The maximum Gasteiger partial charge on any atom is 2.00 e. The van der Waals surface area contributed by atoms with Crippen molar-refractivity contribution >= 4 is 55.9 Å². The smallest absolute Gasteiger partial charge is 0.518 e. The minimum atomic E-state index is -0.235. The van der Waals surface area contributed by atoms with Crippen LogP contribution >= 0.6 is 0 Å². The van der Waals surface area contributed by atoms with Crippen molar-refractivity contribution in [1.29, 1.82) is 0 Å². The Bertz CT molecular complexity index is 2900. The molecule has 8 heteroatoms. The fraction of sp³-hybridized carbons (Fsp3) is 0.0455. The average Bonchev–Trinajstić information content (AvgIpc) is 3.70. The normalized spacial score (nSPS) is 12.5. The number of pyridine rings is 1. The van der Waals surface area contributed by atoms with E-state index in [0.29, 0.717) is 0 Å². The van der Waals surface area contributed by atoms with Crippen LogP contribution in [-0.4, -0.2) is 25.8 Å². The minimum absolute atomic E-state index is 0. The summed E-state index contributed by atoms with van der Waals surface area (Å²) in [7, 11) is 0. The molecular formula is C44H27BN4O2Pt. The Kier molecular flexibility index (Phi) is 6.86. The number of aromatic nitrogens is 4. The standard InChI is InChI=1S/C44H27BN4O2.Pt/c1-26-11-9-12-27(2)43(26)49-35-16-6-4-14-33(35)47-44(49)28-20-21-37-31(23-28)45-32-25-36-30(24-40(32)51-39-18-10-17-38(50-37)42(39)45)29-13-3-5-15-34(29)48(36)41-19-7-8-22-46-41;/h3-22,24H,1-2H3;/q-2;+2. The Morgan fingerprint density at radius 3 is 2.13 bits per heavy atom. The summed E-state index contributed by atoms with van der Waals surface area (Å²) in [5, 5.41) is 2.17. The molecule has 3 aromatic heterocycles. The predicted molar refractivity (Wildman–Crippen MR) is 203 cm³/mol. The van der Waals surface area contributed by atoms with E-state index in [1.165, 1.54) is 11.1 Å². The van der Waals surface area contributed by atoms with Crippen molar-refractivity contribution in [1.82, 2.24) is 19.1 Å². The van der Waals surface area contributed by atoms with E-state index in [2.05, 4.69) is 114 Å². The number of hydrogen-bond donors (Lipinski definition) is 0. The fourth-order valence-corrected chi connectivity index (χ4v) is 8.13. The summed E-state index contributed by atoms with van der Waals surface area (Å²) >= 11 is 0. The van der Waals surface area contributed by atoms with Crippen LogP contribution in [0.25, 0.3) is 55.7 Å². The Balaban J connectivity index is 0.00000338. The van der Waals surface area contributed by atoms with E-state index in [1.807, 2.05) is 48.7 Å². The van der Waals surface area contributed by atoms with Crippen molar-refractivity contribution in [3.05, 3.63) is 151 Å². The predicted octanol–water partition coefficient (Wildman–Crippen LogP) is 8.13. The third kappa shape index (κ3) is 4.36. The van der Waals surface area contributed by atoms with E-state index < -0.39 is 0 Å². The molecule has 11 rings (SSSR count). The van der Waals surface area contributed by atoms with Crippen LogP contribution in [0.3, 0.4) is 0 Å². The second kappa shape index (κ2) is 11.6. The van der Waals surface area contributed by atoms with Gasteiger partial charge < -0.3 is 18.6 Å². The van der Waals surface area contributed by atoms with Gasteiger partial charge in [-0.05, 0) is 72.8 Å². The van der Waals surface area contributed by atoms with Crippen molar-refractivity contribution in [2.45, 2.75) is 13.8 Å². The molecule has 0 atom stereocenters. The van der Waals surface area contributed by atoms with Crippen LogP contribution in [0.1, 0.15) is 11.1 Å². The number of para-hydroxylation sites is 4. The second-order valence-electron chi connectivity index (χ2n) is 13.3. The number of aryl methyl sites for hydroxylation is 2. The van der Waals surface area contributed by atoms with Gasteiger partial charge in [-0.25, -0.2) is 4.98 Å². The number of imidazole rings is 1. The first kappa shape index (κ1) is 30.9.